The van der Waals surface area contributed by atoms with E-state index in [1.54, 1.807) is 6.92 Å². The van der Waals surface area contributed by atoms with Gasteiger partial charge in [-0.25, -0.2) is 4.31 Å². The molecule has 1 heterocycles. The second kappa shape index (κ2) is 2.42. The molecule has 0 radical (unpaired) electrons. The molecule has 1 unspecified atom stereocenters. The molecule has 0 aromatic rings. The number of amides is 1. The summed E-state index contributed by atoms with van der Waals surface area (Å²) in [7, 11) is 1.42. The maximum atomic E-state index is 10.8. The summed E-state index contributed by atoms with van der Waals surface area (Å²) in [5.41, 5.74) is 0. The van der Waals surface area contributed by atoms with Gasteiger partial charge >= 0.3 is 11.3 Å². The first-order valence-corrected chi connectivity index (χ1v) is 3.70. The van der Waals surface area contributed by atoms with Gasteiger partial charge in [0.2, 0.25) is 0 Å². The lowest BCUT2D eigenvalue weighted by atomic mass is 10.4. The predicted octanol–water partition coefficient (Wildman–Crippen LogP) is -0.0425. The van der Waals surface area contributed by atoms with Crippen molar-refractivity contribution < 1.29 is 13.2 Å². The normalized spacial score (nSPS) is 25.8. The molecule has 5 heteroatoms. The van der Waals surface area contributed by atoms with Crippen LogP contribution in [0.25, 0.3) is 0 Å². The fraction of sp³-hybridized carbons (Fsp3) is 0.400. The van der Waals surface area contributed by atoms with E-state index in [4.69, 9.17) is 4.18 Å². The molecule has 0 aromatic carbocycles. The van der Waals surface area contributed by atoms with Crippen molar-refractivity contribution in [3.63, 3.8) is 0 Å². The third kappa shape index (κ3) is 1.18. The van der Waals surface area contributed by atoms with Crippen molar-refractivity contribution in [2.45, 2.75) is 6.92 Å². The molecule has 0 fully saturated rings. The van der Waals surface area contributed by atoms with Crippen molar-refractivity contribution >= 4 is 17.2 Å². The lowest BCUT2D eigenvalue weighted by Crippen LogP contribution is -2.31. The van der Waals surface area contributed by atoms with Gasteiger partial charge < -0.3 is 4.18 Å². The number of allylic oxidation sites excluding steroid dienone is 1. The minimum Gasteiger partial charge on any atom is -0.389 e. The minimum atomic E-state index is -1.63. The van der Waals surface area contributed by atoms with E-state index >= 15 is 0 Å². The Kier molecular flexibility index (Phi) is 1.76. The van der Waals surface area contributed by atoms with E-state index in [0.717, 1.165) is 4.31 Å². The van der Waals surface area contributed by atoms with Gasteiger partial charge in [0.15, 0.2) is 0 Å². The van der Waals surface area contributed by atoms with E-state index in [1.165, 1.54) is 13.1 Å². The van der Waals surface area contributed by atoms with Gasteiger partial charge in [-0.15, -0.1) is 0 Å². The molecule has 0 bridgehead atoms. The molecule has 0 aliphatic carbocycles. The Morgan fingerprint density at radius 2 is 2.30 bits per heavy atom. The predicted molar refractivity (Wildman–Crippen MR) is 35.8 cm³/mol. The number of nitrogens with zero attached hydrogens (tertiary/aromatic N) is 1. The molecule has 1 aliphatic heterocycles. The Morgan fingerprint density at radius 3 is 2.80 bits per heavy atom. The third-order valence-electron chi connectivity index (χ3n) is 1.06. The van der Waals surface area contributed by atoms with E-state index in [-0.39, 0.29) is 5.91 Å². The highest BCUT2D eigenvalue weighted by Crippen LogP contribution is 2.09. The summed E-state index contributed by atoms with van der Waals surface area (Å²) in [6, 6.07) is 0. The monoisotopic (exact) mass is 161 g/mol. The Hall–Kier alpha value is -0.840. The largest absolute Gasteiger partial charge is 0.389 e. The molecule has 56 valence electrons. The lowest BCUT2D eigenvalue weighted by Gasteiger charge is -2.18. The van der Waals surface area contributed by atoms with Crippen molar-refractivity contribution in [3.05, 3.63) is 11.8 Å². The van der Waals surface area contributed by atoms with Crippen LogP contribution in [0.3, 0.4) is 0 Å². The highest BCUT2D eigenvalue weighted by molar-refractivity contribution is 7.78. The topological polar surface area (TPSA) is 46.6 Å². The number of carbonyl (C=O) groups is 1. The van der Waals surface area contributed by atoms with Gasteiger partial charge in [0.25, 0.3) is 5.91 Å². The van der Waals surface area contributed by atoms with Gasteiger partial charge in [-0.3, -0.25) is 4.79 Å². The highest BCUT2D eigenvalue weighted by atomic mass is 32.2. The molecule has 0 N–H and O–H groups in total. The van der Waals surface area contributed by atoms with E-state index in [1.807, 2.05) is 0 Å². The van der Waals surface area contributed by atoms with E-state index in [9.17, 15) is 9.00 Å². The van der Waals surface area contributed by atoms with Crippen LogP contribution in [0.1, 0.15) is 6.92 Å². The van der Waals surface area contributed by atoms with Gasteiger partial charge in [0.1, 0.15) is 5.76 Å². The second-order valence-corrected chi connectivity index (χ2v) is 3.04. The average Bonchev–Trinajstić information content (AvgIpc) is 1.82. The molecule has 1 amide bonds. The maximum absolute atomic E-state index is 10.8. The molecule has 0 saturated carbocycles. The number of hydrogen-bond donors (Lipinski definition) is 0. The summed E-state index contributed by atoms with van der Waals surface area (Å²) in [6.45, 7) is 1.59. The summed E-state index contributed by atoms with van der Waals surface area (Å²) in [5.74, 6) is 0.100. The Labute approximate surface area is 61.3 Å². The average molecular weight is 161 g/mol. The van der Waals surface area contributed by atoms with E-state index < -0.39 is 11.3 Å². The van der Waals surface area contributed by atoms with Crippen LogP contribution in [-0.4, -0.2) is 21.5 Å². The summed E-state index contributed by atoms with van der Waals surface area (Å²) in [4.78, 5) is 10.8. The van der Waals surface area contributed by atoms with Gasteiger partial charge in [-0.2, -0.15) is 4.21 Å². The van der Waals surface area contributed by atoms with Crippen molar-refractivity contribution in [1.29, 1.82) is 0 Å². The summed E-state index contributed by atoms with van der Waals surface area (Å²) >= 11 is -1.63. The molecule has 1 aliphatic rings. The summed E-state index contributed by atoms with van der Waals surface area (Å²) in [6.07, 6.45) is 1.29. The fourth-order valence-electron chi connectivity index (χ4n) is 0.531. The quantitative estimate of drug-likeness (QED) is 0.500. The Morgan fingerprint density at radius 1 is 1.70 bits per heavy atom. The van der Waals surface area contributed by atoms with Crippen molar-refractivity contribution in [3.8, 4) is 0 Å². The van der Waals surface area contributed by atoms with Crippen LogP contribution in [0.2, 0.25) is 0 Å². The van der Waals surface area contributed by atoms with Gasteiger partial charge in [0.05, 0.1) is 0 Å². The molecule has 10 heavy (non-hydrogen) atoms. The van der Waals surface area contributed by atoms with Crippen molar-refractivity contribution in [2.75, 3.05) is 7.05 Å². The van der Waals surface area contributed by atoms with Crippen LogP contribution >= 0.6 is 0 Å². The second-order valence-electron chi connectivity index (χ2n) is 1.89. The van der Waals surface area contributed by atoms with Crippen LogP contribution in [-0.2, 0) is 20.2 Å². The Balaban J connectivity index is 2.89. The molecular formula is C5H7NO3S. The number of likely N-dealkylation sites (N-methyl/N-ethyl adjacent to an activating group) is 1. The molecule has 0 saturated heterocycles. The maximum Gasteiger partial charge on any atom is 0.320 e. The van der Waals surface area contributed by atoms with Crippen LogP contribution < -0.4 is 0 Å². The van der Waals surface area contributed by atoms with Crippen molar-refractivity contribution in [2.24, 2.45) is 0 Å². The molecule has 1 atom stereocenters. The van der Waals surface area contributed by atoms with Crippen LogP contribution in [0.5, 0.6) is 0 Å². The number of carbonyl (C=O) groups excluding carboxylic acids is 1. The molecule has 0 spiro atoms. The van der Waals surface area contributed by atoms with E-state index in [0.29, 0.717) is 5.76 Å². The first-order chi connectivity index (χ1) is 4.61. The Bertz CT molecular complexity index is 223. The molecule has 4 nitrogen and oxygen atoms in total. The van der Waals surface area contributed by atoms with Gasteiger partial charge in [0, 0.05) is 13.1 Å². The first-order valence-electron chi connectivity index (χ1n) is 2.67. The highest BCUT2D eigenvalue weighted by Gasteiger charge is 2.20. The van der Waals surface area contributed by atoms with Gasteiger partial charge in [-0.05, 0) is 6.92 Å². The van der Waals surface area contributed by atoms with E-state index in [2.05, 4.69) is 0 Å². The summed E-state index contributed by atoms with van der Waals surface area (Å²) in [5, 5.41) is 0. The van der Waals surface area contributed by atoms with Crippen molar-refractivity contribution in [1.82, 2.24) is 4.31 Å². The lowest BCUT2D eigenvalue weighted by molar-refractivity contribution is -0.121. The smallest absolute Gasteiger partial charge is 0.320 e. The zero-order valence-electron chi connectivity index (χ0n) is 5.66. The zero-order valence-corrected chi connectivity index (χ0v) is 6.47. The zero-order chi connectivity index (χ0) is 7.72. The fourth-order valence-corrected chi connectivity index (χ4v) is 1.12. The first kappa shape index (κ1) is 7.27. The number of rotatable bonds is 0. The summed E-state index contributed by atoms with van der Waals surface area (Å²) < 4.78 is 16.5. The molecular weight excluding hydrogens is 154 g/mol. The van der Waals surface area contributed by atoms with Crippen LogP contribution in [0, 0.1) is 0 Å². The molecule has 0 aromatic heterocycles. The minimum absolute atomic E-state index is 0.290. The third-order valence-corrected chi connectivity index (χ3v) is 2.10. The number of hydrogen-bond acceptors (Lipinski definition) is 3. The van der Waals surface area contributed by atoms with Crippen LogP contribution in [0.15, 0.2) is 11.8 Å². The van der Waals surface area contributed by atoms with Gasteiger partial charge in [-0.1, -0.05) is 0 Å². The molecule has 1 rings (SSSR count). The SMILES string of the molecule is CC1=CC(=O)N(C)S(=O)O1. The van der Waals surface area contributed by atoms with Crippen LogP contribution in [0.4, 0.5) is 0 Å². The standard InChI is InChI=1S/C5H7NO3S/c1-4-3-5(7)6(2)10(8)9-4/h3H,1-2H3.